The van der Waals surface area contributed by atoms with Crippen molar-refractivity contribution in [2.75, 3.05) is 11.9 Å². The van der Waals surface area contributed by atoms with E-state index in [1.807, 2.05) is 47.2 Å². The summed E-state index contributed by atoms with van der Waals surface area (Å²) in [6, 6.07) is 13.3. The molecule has 0 unspecified atom stereocenters. The van der Waals surface area contributed by atoms with E-state index >= 15 is 0 Å². The first-order valence-electron chi connectivity index (χ1n) is 9.47. The molecule has 0 saturated carbocycles. The minimum atomic E-state index is -3.79. The summed E-state index contributed by atoms with van der Waals surface area (Å²) in [5.41, 5.74) is 2.96. The highest BCUT2D eigenvalue weighted by Crippen LogP contribution is 2.32. The van der Waals surface area contributed by atoms with Gasteiger partial charge in [0.1, 0.15) is 9.77 Å². The zero-order valence-electron chi connectivity index (χ0n) is 16.1. The van der Waals surface area contributed by atoms with Crippen molar-refractivity contribution in [1.29, 1.82) is 0 Å². The quantitative estimate of drug-likeness (QED) is 0.433. The Balaban J connectivity index is 1.37. The van der Waals surface area contributed by atoms with E-state index in [9.17, 15) is 13.2 Å². The lowest BCUT2D eigenvalue weighted by atomic mass is 10.0. The smallest absolute Gasteiger partial charge is 0.268 e. The van der Waals surface area contributed by atoms with Crippen molar-refractivity contribution in [1.82, 2.24) is 9.29 Å². The van der Waals surface area contributed by atoms with Crippen LogP contribution < -0.4 is 5.32 Å². The van der Waals surface area contributed by atoms with Gasteiger partial charge < -0.3 is 0 Å². The molecule has 31 heavy (non-hydrogen) atoms. The van der Waals surface area contributed by atoms with E-state index < -0.39 is 15.9 Å². The van der Waals surface area contributed by atoms with E-state index in [4.69, 9.17) is 0 Å². The van der Waals surface area contributed by atoms with E-state index in [1.54, 1.807) is 16.7 Å². The van der Waals surface area contributed by atoms with Crippen molar-refractivity contribution in [3.8, 4) is 10.6 Å². The number of amides is 1. The van der Waals surface area contributed by atoms with Crippen LogP contribution in [0.25, 0.3) is 10.6 Å². The first-order valence-corrected chi connectivity index (χ1v) is 13.6. The highest BCUT2D eigenvalue weighted by Gasteiger charge is 2.32. The van der Waals surface area contributed by atoms with Crippen LogP contribution in [0.4, 0.5) is 5.13 Å². The first kappa shape index (κ1) is 20.5. The van der Waals surface area contributed by atoms with Crippen LogP contribution in [0.1, 0.15) is 20.8 Å². The molecule has 0 bridgehead atoms. The second-order valence-corrected chi connectivity index (χ2v) is 11.6. The van der Waals surface area contributed by atoms with E-state index in [-0.39, 0.29) is 9.77 Å². The molecule has 0 saturated heterocycles. The van der Waals surface area contributed by atoms with Crippen LogP contribution in [0, 0.1) is 0 Å². The highest BCUT2D eigenvalue weighted by molar-refractivity contribution is 7.89. The van der Waals surface area contributed by atoms with Crippen LogP contribution >= 0.6 is 34.0 Å². The molecule has 1 aromatic carbocycles. The van der Waals surface area contributed by atoms with Gasteiger partial charge in [-0.2, -0.15) is 4.31 Å². The van der Waals surface area contributed by atoms with Crippen molar-refractivity contribution in [3.05, 3.63) is 74.6 Å². The average Bonchev–Trinajstić information content (AvgIpc) is 3.54. The second-order valence-electron chi connectivity index (χ2n) is 6.94. The van der Waals surface area contributed by atoms with Gasteiger partial charge in [0, 0.05) is 18.5 Å². The van der Waals surface area contributed by atoms with Crippen molar-refractivity contribution < 1.29 is 13.2 Å². The predicted octanol–water partition coefficient (Wildman–Crippen LogP) is 4.93. The van der Waals surface area contributed by atoms with Crippen LogP contribution in [0.15, 0.2) is 63.5 Å². The summed E-state index contributed by atoms with van der Waals surface area (Å²) in [4.78, 5) is 18.6. The number of carbonyl (C=O) groups excluding carboxylic acids is 1. The third-order valence-electron chi connectivity index (χ3n) is 5.05. The van der Waals surface area contributed by atoms with E-state index in [2.05, 4.69) is 10.3 Å². The fourth-order valence-corrected chi connectivity index (χ4v) is 7.68. The number of benzene rings is 1. The molecular weight excluding hydrogens is 471 g/mol. The third-order valence-corrected chi connectivity index (χ3v) is 9.63. The van der Waals surface area contributed by atoms with E-state index in [0.29, 0.717) is 24.6 Å². The number of hydrogen-bond acceptors (Lipinski definition) is 7. The van der Waals surface area contributed by atoms with Gasteiger partial charge in [0.05, 0.1) is 10.6 Å². The number of hydrogen-bond donors (Lipinski definition) is 1. The number of fused-ring (bicyclic) bond motifs is 1. The molecule has 1 amide bonds. The standard InChI is InChI=1S/C21H17N3O3S4/c25-20(23-21-22-16(13-30-21)17-6-3-10-28-17)19-18(8-11-29-19)31(26,27)24-9-7-14-4-1-2-5-15(14)12-24/h1-6,8,10-11,13H,7,9,12H2,(H,22,23,25). The van der Waals surface area contributed by atoms with Gasteiger partial charge in [-0.3, -0.25) is 10.1 Å². The summed E-state index contributed by atoms with van der Waals surface area (Å²) in [6.07, 6.45) is 0.658. The monoisotopic (exact) mass is 487 g/mol. The molecule has 158 valence electrons. The van der Waals surface area contributed by atoms with E-state index in [1.165, 1.54) is 27.3 Å². The average molecular weight is 488 g/mol. The summed E-state index contributed by atoms with van der Waals surface area (Å²) in [5.74, 6) is -0.460. The minimum absolute atomic E-state index is 0.0458. The Kier molecular flexibility index (Phi) is 5.49. The maximum atomic E-state index is 13.3. The van der Waals surface area contributed by atoms with Crippen LogP contribution in [-0.4, -0.2) is 30.2 Å². The molecule has 10 heteroatoms. The summed E-state index contributed by atoms with van der Waals surface area (Å²) in [6.45, 7) is 0.707. The molecule has 0 fully saturated rings. The lowest BCUT2D eigenvalue weighted by Gasteiger charge is -2.28. The van der Waals surface area contributed by atoms with Gasteiger partial charge in [-0.05, 0) is 40.4 Å². The van der Waals surface area contributed by atoms with Gasteiger partial charge in [-0.1, -0.05) is 30.3 Å². The maximum Gasteiger partial charge on any atom is 0.268 e. The molecule has 1 aliphatic rings. The van der Waals surface area contributed by atoms with Crippen LogP contribution in [0.5, 0.6) is 0 Å². The SMILES string of the molecule is O=C(Nc1nc(-c2cccs2)cs1)c1sccc1S(=O)(=O)N1CCc2ccccc2C1. The molecule has 0 atom stereocenters. The fraction of sp³-hybridized carbons (Fsp3) is 0.143. The van der Waals surface area contributed by atoms with Crippen molar-refractivity contribution >= 4 is 55.1 Å². The lowest BCUT2D eigenvalue weighted by Crippen LogP contribution is -2.36. The highest BCUT2D eigenvalue weighted by atomic mass is 32.2. The second kappa shape index (κ2) is 8.29. The molecular formula is C21H17N3O3S4. The Bertz CT molecular complexity index is 1340. The number of sulfonamides is 1. The number of nitrogens with zero attached hydrogens (tertiary/aromatic N) is 2. The molecule has 4 aromatic rings. The van der Waals surface area contributed by atoms with Crippen LogP contribution in [-0.2, 0) is 23.0 Å². The van der Waals surface area contributed by atoms with E-state index in [0.717, 1.165) is 27.5 Å². The minimum Gasteiger partial charge on any atom is -0.297 e. The van der Waals surface area contributed by atoms with Gasteiger partial charge in [-0.25, -0.2) is 13.4 Å². The zero-order chi connectivity index (χ0) is 21.4. The fourth-order valence-electron chi connectivity index (χ4n) is 3.50. The van der Waals surface area contributed by atoms with Gasteiger partial charge in [-0.15, -0.1) is 34.0 Å². The maximum absolute atomic E-state index is 13.3. The number of thiophene rings is 2. The van der Waals surface area contributed by atoms with Gasteiger partial charge >= 0.3 is 0 Å². The number of thiazole rings is 1. The molecule has 1 aliphatic heterocycles. The summed E-state index contributed by atoms with van der Waals surface area (Å²) in [7, 11) is -3.79. The van der Waals surface area contributed by atoms with Crippen molar-refractivity contribution in [2.24, 2.45) is 0 Å². The summed E-state index contributed by atoms with van der Waals surface area (Å²) < 4.78 is 28.1. The predicted molar refractivity (Wildman–Crippen MR) is 125 cm³/mol. The largest absolute Gasteiger partial charge is 0.297 e. The Hall–Kier alpha value is -2.37. The first-order chi connectivity index (χ1) is 15.0. The van der Waals surface area contributed by atoms with Crippen LogP contribution in [0.3, 0.4) is 0 Å². The lowest BCUT2D eigenvalue weighted by molar-refractivity contribution is 0.102. The zero-order valence-corrected chi connectivity index (χ0v) is 19.4. The number of anilines is 1. The normalized spacial score (nSPS) is 14.3. The third kappa shape index (κ3) is 3.97. The van der Waals surface area contributed by atoms with Gasteiger partial charge in [0.2, 0.25) is 10.0 Å². The molecule has 0 radical (unpaired) electrons. The van der Waals surface area contributed by atoms with Gasteiger partial charge in [0.15, 0.2) is 5.13 Å². The Labute approximate surface area is 191 Å². The van der Waals surface area contributed by atoms with Crippen molar-refractivity contribution in [3.63, 3.8) is 0 Å². The molecule has 4 heterocycles. The summed E-state index contributed by atoms with van der Waals surface area (Å²) >= 11 is 4.01. The Morgan fingerprint density at radius 1 is 1.00 bits per heavy atom. The molecule has 3 aromatic heterocycles. The summed E-state index contributed by atoms with van der Waals surface area (Å²) in [5, 5.41) is 8.68. The van der Waals surface area contributed by atoms with Crippen LogP contribution in [0.2, 0.25) is 0 Å². The molecule has 1 N–H and O–H groups in total. The topological polar surface area (TPSA) is 79.4 Å². The van der Waals surface area contributed by atoms with Gasteiger partial charge in [0.25, 0.3) is 5.91 Å². The molecule has 6 nitrogen and oxygen atoms in total. The Morgan fingerprint density at radius 3 is 2.65 bits per heavy atom. The number of nitrogens with one attached hydrogen (secondary N) is 1. The molecule has 5 rings (SSSR count). The Morgan fingerprint density at radius 2 is 1.84 bits per heavy atom. The number of aromatic nitrogens is 1. The number of carbonyl (C=O) groups is 1. The molecule has 0 aliphatic carbocycles. The van der Waals surface area contributed by atoms with Crippen molar-refractivity contribution in [2.45, 2.75) is 17.9 Å². The number of rotatable bonds is 5. The molecule has 0 spiro atoms.